The van der Waals surface area contributed by atoms with Gasteiger partial charge in [0.05, 0.1) is 6.42 Å². The van der Waals surface area contributed by atoms with Gasteiger partial charge in [-0.1, -0.05) is 24.3 Å². The van der Waals surface area contributed by atoms with Gasteiger partial charge in [-0.15, -0.1) is 0 Å². The van der Waals surface area contributed by atoms with Crippen molar-refractivity contribution in [1.82, 2.24) is 0 Å². The molecule has 0 fully saturated rings. The highest BCUT2D eigenvalue weighted by Crippen LogP contribution is 2.30. The number of rotatable bonds is 2. The predicted octanol–water partition coefficient (Wildman–Crippen LogP) is 2.11. The molecule has 20 heavy (non-hydrogen) atoms. The summed E-state index contributed by atoms with van der Waals surface area (Å²) in [5, 5.41) is 9.75. The molecule has 102 valence electrons. The van der Waals surface area contributed by atoms with Crippen molar-refractivity contribution in [2.75, 3.05) is 17.2 Å². The van der Waals surface area contributed by atoms with Gasteiger partial charge in [-0.2, -0.15) is 0 Å². The largest absolute Gasteiger partial charge is 0.508 e. The molecule has 1 aliphatic heterocycles. The topological polar surface area (TPSA) is 66.6 Å². The van der Waals surface area contributed by atoms with Gasteiger partial charge in [-0.05, 0) is 30.2 Å². The molecule has 4 heteroatoms. The highest BCUT2D eigenvalue weighted by molar-refractivity contribution is 5.97. The molecule has 0 unspecified atom stereocenters. The van der Waals surface area contributed by atoms with E-state index >= 15 is 0 Å². The number of nitrogens with two attached hydrogens (primary N) is 1. The second-order valence-corrected chi connectivity index (χ2v) is 4.99. The van der Waals surface area contributed by atoms with Crippen LogP contribution in [0, 0.1) is 0 Å². The molecule has 2 aromatic carbocycles. The SMILES string of the molecule is Nc1ccc2c(c1)N(C(=O)Cc1ccccc1O)CC2. The van der Waals surface area contributed by atoms with Crippen LogP contribution in [0.4, 0.5) is 11.4 Å². The second kappa shape index (κ2) is 4.89. The molecule has 1 heterocycles. The van der Waals surface area contributed by atoms with Gasteiger partial charge in [0, 0.05) is 23.5 Å². The molecule has 1 amide bonds. The third kappa shape index (κ3) is 2.20. The first-order valence-electron chi connectivity index (χ1n) is 6.61. The lowest BCUT2D eigenvalue weighted by atomic mass is 10.1. The van der Waals surface area contributed by atoms with Gasteiger partial charge in [0.1, 0.15) is 5.75 Å². The average Bonchev–Trinajstić information content (AvgIpc) is 2.84. The first-order valence-corrected chi connectivity index (χ1v) is 6.61. The van der Waals surface area contributed by atoms with E-state index in [0.717, 1.165) is 17.7 Å². The molecule has 0 bridgehead atoms. The van der Waals surface area contributed by atoms with Crippen LogP contribution in [0.25, 0.3) is 0 Å². The third-order valence-electron chi connectivity index (χ3n) is 3.64. The monoisotopic (exact) mass is 268 g/mol. The number of carbonyl (C=O) groups is 1. The summed E-state index contributed by atoms with van der Waals surface area (Å²) in [6.07, 6.45) is 1.04. The minimum atomic E-state index is -0.0177. The number of nitrogen functional groups attached to an aromatic ring is 1. The second-order valence-electron chi connectivity index (χ2n) is 4.99. The Morgan fingerprint density at radius 1 is 1.25 bits per heavy atom. The summed E-state index contributed by atoms with van der Waals surface area (Å²) in [6.45, 7) is 0.672. The van der Waals surface area contributed by atoms with E-state index in [1.165, 1.54) is 0 Å². The molecule has 3 rings (SSSR count). The molecule has 0 saturated carbocycles. The number of hydrogen-bond acceptors (Lipinski definition) is 3. The van der Waals surface area contributed by atoms with E-state index in [2.05, 4.69) is 0 Å². The van der Waals surface area contributed by atoms with Gasteiger partial charge < -0.3 is 15.7 Å². The van der Waals surface area contributed by atoms with Crippen molar-refractivity contribution < 1.29 is 9.90 Å². The van der Waals surface area contributed by atoms with Crippen LogP contribution in [0.15, 0.2) is 42.5 Å². The number of fused-ring (bicyclic) bond motifs is 1. The molecule has 0 saturated heterocycles. The lowest BCUT2D eigenvalue weighted by Gasteiger charge is -2.18. The molecule has 0 atom stereocenters. The Hall–Kier alpha value is -2.49. The quantitative estimate of drug-likeness (QED) is 0.820. The Kier molecular flexibility index (Phi) is 3.06. The number of benzene rings is 2. The molecule has 0 aliphatic carbocycles. The smallest absolute Gasteiger partial charge is 0.231 e. The molecule has 0 aromatic heterocycles. The number of para-hydroxylation sites is 1. The fraction of sp³-hybridized carbons (Fsp3) is 0.188. The number of phenolic OH excluding ortho intramolecular Hbond substituents is 1. The van der Waals surface area contributed by atoms with E-state index < -0.39 is 0 Å². The van der Waals surface area contributed by atoms with Crippen molar-refractivity contribution in [2.45, 2.75) is 12.8 Å². The standard InChI is InChI=1S/C16H16N2O2/c17-13-6-5-11-7-8-18(14(11)10-13)16(20)9-12-3-1-2-4-15(12)19/h1-6,10,19H,7-9,17H2. The molecular weight excluding hydrogens is 252 g/mol. The van der Waals surface area contributed by atoms with Gasteiger partial charge in [0.2, 0.25) is 5.91 Å². The highest BCUT2D eigenvalue weighted by atomic mass is 16.3. The number of anilines is 2. The summed E-state index contributed by atoms with van der Waals surface area (Å²) in [5.74, 6) is 0.142. The van der Waals surface area contributed by atoms with Gasteiger partial charge in [0.15, 0.2) is 0 Å². The van der Waals surface area contributed by atoms with Crippen LogP contribution in [0.2, 0.25) is 0 Å². The minimum Gasteiger partial charge on any atom is -0.508 e. The van der Waals surface area contributed by atoms with Gasteiger partial charge in [-0.3, -0.25) is 4.79 Å². The summed E-state index contributed by atoms with van der Waals surface area (Å²) in [5.41, 5.74) is 9.14. The van der Waals surface area contributed by atoms with E-state index in [1.54, 1.807) is 23.1 Å². The molecule has 4 nitrogen and oxygen atoms in total. The zero-order valence-electron chi connectivity index (χ0n) is 11.0. The van der Waals surface area contributed by atoms with Crippen molar-refractivity contribution in [2.24, 2.45) is 0 Å². The fourth-order valence-corrected chi connectivity index (χ4v) is 2.57. The van der Waals surface area contributed by atoms with Crippen molar-refractivity contribution in [1.29, 1.82) is 0 Å². The maximum atomic E-state index is 12.4. The van der Waals surface area contributed by atoms with E-state index in [0.29, 0.717) is 17.8 Å². The number of amides is 1. The van der Waals surface area contributed by atoms with E-state index in [9.17, 15) is 9.90 Å². The van der Waals surface area contributed by atoms with Crippen LogP contribution in [0.5, 0.6) is 5.75 Å². The number of aromatic hydroxyl groups is 1. The van der Waals surface area contributed by atoms with Crippen LogP contribution >= 0.6 is 0 Å². The Morgan fingerprint density at radius 2 is 2.05 bits per heavy atom. The summed E-state index contributed by atoms with van der Waals surface area (Å²) in [4.78, 5) is 14.2. The average molecular weight is 268 g/mol. The van der Waals surface area contributed by atoms with Crippen LogP contribution < -0.4 is 10.6 Å². The van der Waals surface area contributed by atoms with Crippen molar-refractivity contribution in [3.8, 4) is 5.75 Å². The fourth-order valence-electron chi connectivity index (χ4n) is 2.57. The van der Waals surface area contributed by atoms with E-state index in [-0.39, 0.29) is 18.1 Å². The Balaban J connectivity index is 1.84. The van der Waals surface area contributed by atoms with Crippen molar-refractivity contribution in [3.05, 3.63) is 53.6 Å². The molecule has 3 N–H and O–H groups in total. The Labute approximate surface area is 117 Å². The summed E-state index contributed by atoms with van der Waals surface area (Å²) in [7, 11) is 0. The van der Waals surface area contributed by atoms with Crippen LogP contribution in [0.3, 0.4) is 0 Å². The Morgan fingerprint density at radius 3 is 2.85 bits per heavy atom. The summed E-state index contributed by atoms with van der Waals surface area (Å²) < 4.78 is 0. The number of hydrogen-bond donors (Lipinski definition) is 2. The zero-order chi connectivity index (χ0) is 14.1. The minimum absolute atomic E-state index is 0.0177. The maximum absolute atomic E-state index is 12.4. The first kappa shape index (κ1) is 12.5. The van der Waals surface area contributed by atoms with Crippen molar-refractivity contribution >= 4 is 17.3 Å². The molecule has 0 radical (unpaired) electrons. The summed E-state index contributed by atoms with van der Waals surface area (Å²) >= 11 is 0. The molecule has 2 aromatic rings. The van der Waals surface area contributed by atoms with Crippen molar-refractivity contribution in [3.63, 3.8) is 0 Å². The molecular formula is C16H16N2O2. The summed E-state index contributed by atoms with van der Waals surface area (Å²) in [6, 6.07) is 12.6. The lowest BCUT2D eigenvalue weighted by Crippen LogP contribution is -2.30. The van der Waals surface area contributed by atoms with Gasteiger partial charge in [0.25, 0.3) is 0 Å². The Bertz CT molecular complexity index is 667. The van der Waals surface area contributed by atoms with Crippen LogP contribution in [0.1, 0.15) is 11.1 Å². The molecule has 1 aliphatic rings. The van der Waals surface area contributed by atoms with Crippen LogP contribution in [-0.2, 0) is 17.6 Å². The van der Waals surface area contributed by atoms with E-state index in [1.807, 2.05) is 24.3 Å². The van der Waals surface area contributed by atoms with Gasteiger partial charge in [-0.25, -0.2) is 0 Å². The number of nitrogens with zero attached hydrogens (tertiary/aromatic N) is 1. The molecule has 0 spiro atoms. The van der Waals surface area contributed by atoms with Gasteiger partial charge >= 0.3 is 0 Å². The lowest BCUT2D eigenvalue weighted by molar-refractivity contribution is -0.117. The normalized spacial score (nSPS) is 13.3. The third-order valence-corrected chi connectivity index (χ3v) is 3.64. The number of phenols is 1. The highest BCUT2D eigenvalue weighted by Gasteiger charge is 2.25. The zero-order valence-corrected chi connectivity index (χ0v) is 11.0. The van der Waals surface area contributed by atoms with Crippen LogP contribution in [-0.4, -0.2) is 17.6 Å². The maximum Gasteiger partial charge on any atom is 0.231 e. The van der Waals surface area contributed by atoms with E-state index in [4.69, 9.17) is 5.73 Å². The predicted molar refractivity (Wildman–Crippen MR) is 78.7 cm³/mol. The number of carbonyl (C=O) groups excluding carboxylic acids is 1. The first-order chi connectivity index (χ1) is 9.65.